The van der Waals surface area contributed by atoms with Crippen molar-refractivity contribution < 1.29 is 9.90 Å². The lowest BCUT2D eigenvalue weighted by Gasteiger charge is -2.56. The second-order valence-corrected chi connectivity index (χ2v) is 8.86. The third-order valence-corrected chi connectivity index (χ3v) is 8.03. The Balaban J connectivity index is 1.70. The van der Waals surface area contributed by atoms with Gasteiger partial charge in [0, 0.05) is 11.8 Å². The van der Waals surface area contributed by atoms with E-state index in [1.807, 2.05) is 6.08 Å². The fourth-order valence-electron chi connectivity index (χ4n) is 6.84. The van der Waals surface area contributed by atoms with Crippen molar-refractivity contribution in [2.24, 2.45) is 35.0 Å². The molecule has 0 saturated heterocycles. The van der Waals surface area contributed by atoms with Crippen molar-refractivity contribution in [3.63, 3.8) is 0 Å². The fraction of sp³-hybridized carbons (Fsp3) is 0.762. The molecule has 124 valence electrons. The number of aliphatic hydroxyl groups is 1. The van der Waals surface area contributed by atoms with Gasteiger partial charge in [0.25, 0.3) is 0 Å². The predicted octanol–water partition coefficient (Wildman–Crippen LogP) is 3.74. The fourth-order valence-corrected chi connectivity index (χ4v) is 6.84. The minimum atomic E-state index is -0.916. The summed E-state index contributed by atoms with van der Waals surface area (Å²) in [5.41, 5.74) is 0.382. The third kappa shape index (κ3) is 1.96. The monoisotopic (exact) mass is 312 g/mol. The molecule has 0 aliphatic heterocycles. The normalized spacial score (nSPS) is 52.0. The molecular weight excluding hydrogens is 284 g/mol. The highest BCUT2D eigenvalue weighted by Crippen LogP contribution is 2.65. The summed E-state index contributed by atoms with van der Waals surface area (Å²) in [5.74, 6) is 6.17. The van der Waals surface area contributed by atoms with Crippen molar-refractivity contribution in [2.75, 3.05) is 0 Å². The van der Waals surface area contributed by atoms with Crippen LogP contribution in [0.2, 0.25) is 0 Å². The van der Waals surface area contributed by atoms with E-state index in [4.69, 9.17) is 6.42 Å². The molecule has 4 rings (SSSR count). The van der Waals surface area contributed by atoms with E-state index in [0.717, 1.165) is 44.9 Å². The molecule has 0 amide bonds. The van der Waals surface area contributed by atoms with Crippen LogP contribution in [0.15, 0.2) is 11.6 Å². The van der Waals surface area contributed by atoms with Crippen LogP contribution in [0.4, 0.5) is 0 Å². The summed E-state index contributed by atoms with van der Waals surface area (Å²) < 4.78 is 0. The molecule has 0 aromatic heterocycles. The summed E-state index contributed by atoms with van der Waals surface area (Å²) in [7, 11) is 0. The number of hydrogen-bond donors (Lipinski definition) is 1. The Morgan fingerprint density at radius 2 is 2.09 bits per heavy atom. The molecule has 0 radical (unpaired) electrons. The molecule has 2 nitrogen and oxygen atoms in total. The second kappa shape index (κ2) is 4.96. The van der Waals surface area contributed by atoms with Gasteiger partial charge in [0.2, 0.25) is 0 Å². The van der Waals surface area contributed by atoms with Crippen LogP contribution >= 0.6 is 0 Å². The molecule has 2 heteroatoms. The number of hydrogen-bond acceptors (Lipinski definition) is 2. The molecule has 0 spiro atoms. The first kappa shape index (κ1) is 15.5. The highest BCUT2D eigenvalue weighted by atomic mass is 16.3. The van der Waals surface area contributed by atoms with Gasteiger partial charge in [0.05, 0.1) is 0 Å². The molecule has 0 aromatic carbocycles. The zero-order chi connectivity index (χ0) is 16.4. The number of fused-ring (bicyclic) bond motifs is 5. The van der Waals surface area contributed by atoms with Crippen LogP contribution in [0.25, 0.3) is 0 Å². The minimum absolute atomic E-state index is 0.122. The Morgan fingerprint density at radius 3 is 2.83 bits per heavy atom. The van der Waals surface area contributed by atoms with E-state index in [1.165, 1.54) is 5.57 Å². The van der Waals surface area contributed by atoms with Crippen LogP contribution in [0, 0.1) is 47.3 Å². The second-order valence-electron chi connectivity index (χ2n) is 8.86. The summed E-state index contributed by atoms with van der Waals surface area (Å²) in [6.45, 7) is 4.59. The van der Waals surface area contributed by atoms with Crippen LogP contribution in [-0.4, -0.2) is 16.5 Å². The standard InChI is InChI=1S/C21H28O2/c1-4-21(23)10-8-18-19-13(2)11-14-12-15(22)5-6-16(14)17(19)7-9-20(18,21)3/h1,12-13,16-19,23H,5-11H2,2-3H3/t13-,16?,17?,18?,19?,20+,21+/m1/s1. The first-order valence-corrected chi connectivity index (χ1v) is 9.33. The van der Waals surface area contributed by atoms with Crippen molar-refractivity contribution in [3.8, 4) is 12.3 Å². The van der Waals surface area contributed by atoms with Crippen molar-refractivity contribution >= 4 is 5.78 Å². The number of carbonyl (C=O) groups is 1. The van der Waals surface area contributed by atoms with Crippen LogP contribution < -0.4 is 0 Å². The van der Waals surface area contributed by atoms with E-state index in [0.29, 0.717) is 35.4 Å². The average Bonchev–Trinajstić information content (AvgIpc) is 2.79. The minimum Gasteiger partial charge on any atom is -0.377 e. The molecule has 1 N–H and O–H groups in total. The Hall–Kier alpha value is -1.07. The molecule has 4 unspecified atom stereocenters. The molecule has 7 atom stereocenters. The SMILES string of the molecule is C#C[C@]1(O)CCC2C3C(CC[C@@]21C)C1CCC(=O)C=C1C[C@H]3C. The number of terminal acetylenes is 1. The van der Waals surface area contributed by atoms with Gasteiger partial charge in [-0.3, -0.25) is 4.79 Å². The first-order chi connectivity index (χ1) is 10.9. The van der Waals surface area contributed by atoms with Gasteiger partial charge in [-0.2, -0.15) is 0 Å². The Labute approximate surface area is 139 Å². The van der Waals surface area contributed by atoms with E-state index in [-0.39, 0.29) is 5.41 Å². The first-order valence-electron chi connectivity index (χ1n) is 9.33. The lowest BCUT2D eigenvalue weighted by Crippen LogP contribution is -2.53. The lowest BCUT2D eigenvalue weighted by atomic mass is 9.48. The Morgan fingerprint density at radius 1 is 1.30 bits per heavy atom. The van der Waals surface area contributed by atoms with Crippen LogP contribution in [0.1, 0.15) is 58.8 Å². The highest BCUT2D eigenvalue weighted by molar-refractivity contribution is 5.91. The Kier molecular flexibility index (Phi) is 3.34. The summed E-state index contributed by atoms with van der Waals surface area (Å²) in [6.07, 6.45) is 14.5. The Bertz CT molecular complexity index is 612. The molecule has 0 bridgehead atoms. The van der Waals surface area contributed by atoms with E-state index < -0.39 is 5.60 Å². The van der Waals surface area contributed by atoms with E-state index in [2.05, 4.69) is 19.8 Å². The van der Waals surface area contributed by atoms with Gasteiger partial charge in [0.1, 0.15) is 5.60 Å². The molecule has 3 fully saturated rings. The highest BCUT2D eigenvalue weighted by Gasteiger charge is 2.62. The lowest BCUT2D eigenvalue weighted by molar-refractivity contribution is -0.117. The zero-order valence-electron chi connectivity index (χ0n) is 14.3. The maximum atomic E-state index is 11.8. The molecule has 4 aliphatic carbocycles. The third-order valence-electron chi connectivity index (χ3n) is 8.03. The van der Waals surface area contributed by atoms with Gasteiger partial charge in [-0.1, -0.05) is 25.3 Å². The summed E-state index contributed by atoms with van der Waals surface area (Å²) in [6, 6.07) is 0. The van der Waals surface area contributed by atoms with Gasteiger partial charge >= 0.3 is 0 Å². The maximum Gasteiger partial charge on any atom is 0.155 e. The summed E-state index contributed by atoms with van der Waals surface area (Å²) in [4.78, 5) is 11.8. The summed E-state index contributed by atoms with van der Waals surface area (Å²) in [5, 5.41) is 11.0. The average molecular weight is 312 g/mol. The predicted molar refractivity (Wildman–Crippen MR) is 90.4 cm³/mol. The smallest absolute Gasteiger partial charge is 0.155 e. The maximum absolute atomic E-state index is 11.8. The van der Waals surface area contributed by atoms with Gasteiger partial charge in [-0.15, -0.1) is 6.42 Å². The molecule has 0 aromatic rings. The van der Waals surface area contributed by atoms with Crippen LogP contribution in [-0.2, 0) is 4.79 Å². The van der Waals surface area contributed by atoms with Crippen molar-refractivity contribution in [3.05, 3.63) is 11.6 Å². The van der Waals surface area contributed by atoms with Crippen LogP contribution in [0.3, 0.4) is 0 Å². The molecule has 3 saturated carbocycles. The number of rotatable bonds is 0. The van der Waals surface area contributed by atoms with Gasteiger partial charge in [-0.25, -0.2) is 0 Å². The van der Waals surface area contributed by atoms with Gasteiger partial charge < -0.3 is 5.11 Å². The molecule has 0 heterocycles. The van der Waals surface area contributed by atoms with Crippen molar-refractivity contribution in [2.45, 2.75) is 64.4 Å². The van der Waals surface area contributed by atoms with Gasteiger partial charge in [0.15, 0.2) is 5.78 Å². The molecule has 4 aliphatic rings. The van der Waals surface area contributed by atoms with E-state index in [1.54, 1.807) is 0 Å². The zero-order valence-corrected chi connectivity index (χ0v) is 14.3. The van der Waals surface area contributed by atoms with E-state index >= 15 is 0 Å². The van der Waals surface area contributed by atoms with Crippen molar-refractivity contribution in [1.82, 2.24) is 0 Å². The van der Waals surface area contributed by atoms with E-state index in [9.17, 15) is 9.90 Å². The largest absolute Gasteiger partial charge is 0.377 e. The molecular formula is C21H28O2. The number of allylic oxidation sites excluding steroid dienone is 1. The number of carbonyl (C=O) groups excluding carboxylic acids is 1. The quantitative estimate of drug-likeness (QED) is 0.692. The topological polar surface area (TPSA) is 37.3 Å². The van der Waals surface area contributed by atoms with Crippen LogP contribution in [0.5, 0.6) is 0 Å². The van der Waals surface area contributed by atoms with Crippen molar-refractivity contribution in [1.29, 1.82) is 0 Å². The van der Waals surface area contributed by atoms with Gasteiger partial charge in [-0.05, 0) is 74.2 Å². The summed E-state index contributed by atoms with van der Waals surface area (Å²) >= 11 is 0. The molecule has 23 heavy (non-hydrogen) atoms. The number of ketones is 1.